The molecule has 1 aliphatic heterocycles. The Morgan fingerprint density at radius 2 is 1.73 bits per heavy atom. The summed E-state index contributed by atoms with van der Waals surface area (Å²) in [6.45, 7) is 7.29. The fraction of sp³-hybridized carbons (Fsp3) is 0.292. The summed E-state index contributed by atoms with van der Waals surface area (Å²) in [6, 6.07) is 19.5. The monoisotopic (exact) mass is 401 g/mol. The van der Waals surface area contributed by atoms with E-state index in [9.17, 15) is 4.79 Å². The van der Waals surface area contributed by atoms with Crippen molar-refractivity contribution < 1.29 is 4.79 Å². The van der Waals surface area contributed by atoms with E-state index < -0.39 is 0 Å². The first-order valence-corrected chi connectivity index (χ1v) is 10.3. The number of carbonyl (C=O) groups is 1. The summed E-state index contributed by atoms with van der Waals surface area (Å²) >= 11 is 0. The topological polar surface area (TPSA) is 65.2 Å². The van der Waals surface area contributed by atoms with E-state index >= 15 is 0 Å². The Morgan fingerprint density at radius 3 is 2.40 bits per heavy atom. The van der Waals surface area contributed by atoms with E-state index in [1.54, 1.807) is 0 Å². The number of hydrogen-bond donors (Lipinski definition) is 0. The molecule has 2 aromatic carbocycles. The minimum absolute atomic E-state index is 0.121. The molecule has 0 atom stereocenters. The van der Waals surface area contributed by atoms with Crippen molar-refractivity contribution in [2.75, 3.05) is 24.5 Å². The van der Waals surface area contributed by atoms with Crippen LogP contribution in [-0.4, -0.2) is 40.0 Å². The zero-order valence-electron chi connectivity index (χ0n) is 17.5. The highest BCUT2D eigenvalue weighted by atomic mass is 16.2. The lowest BCUT2D eigenvalue weighted by molar-refractivity contribution is -0.121. The van der Waals surface area contributed by atoms with E-state index in [-0.39, 0.29) is 5.91 Å². The zero-order valence-corrected chi connectivity index (χ0v) is 17.5. The molecule has 1 aromatic heterocycles. The summed E-state index contributed by atoms with van der Waals surface area (Å²) < 4.78 is 2.09. The predicted octanol–water partition coefficient (Wildman–Crippen LogP) is 3.68. The van der Waals surface area contributed by atoms with E-state index in [1.165, 1.54) is 0 Å². The molecule has 6 heteroatoms. The third-order valence-corrected chi connectivity index (χ3v) is 4.99. The molecule has 0 unspecified atom stereocenters. The van der Waals surface area contributed by atoms with Crippen LogP contribution >= 0.6 is 0 Å². The molecule has 6 nitrogen and oxygen atoms in total. The first kappa shape index (κ1) is 21.3. The van der Waals surface area contributed by atoms with Crippen LogP contribution in [0.4, 0.5) is 5.69 Å². The smallest absolute Gasteiger partial charge is 0.241 e. The first-order valence-electron chi connectivity index (χ1n) is 10.3. The van der Waals surface area contributed by atoms with E-state index in [0.29, 0.717) is 31.7 Å². The van der Waals surface area contributed by atoms with Gasteiger partial charge in [0, 0.05) is 38.1 Å². The summed E-state index contributed by atoms with van der Waals surface area (Å²) in [5.74, 6) is 0.121. The lowest BCUT2D eigenvalue weighted by atomic mass is 10.1. The van der Waals surface area contributed by atoms with Gasteiger partial charge in [0.05, 0.1) is 30.2 Å². The highest BCUT2D eigenvalue weighted by Crippen LogP contribution is 2.18. The number of carbonyl (C=O) groups excluding carboxylic acids is 1. The highest BCUT2D eigenvalue weighted by molar-refractivity contribution is 5.95. The van der Waals surface area contributed by atoms with Gasteiger partial charge in [0.2, 0.25) is 5.91 Å². The van der Waals surface area contributed by atoms with Crippen molar-refractivity contribution in [3.8, 4) is 6.07 Å². The molecule has 0 radical (unpaired) electrons. The molecule has 4 rings (SSSR count). The van der Waals surface area contributed by atoms with Crippen molar-refractivity contribution in [3.05, 3.63) is 83.9 Å². The Kier molecular flexibility index (Phi) is 7.36. The summed E-state index contributed by atoms with van der Waals surface area (Å²) in [5.41, 5.74) is 3.80. The van der Waals surface area contributed by atoms with Crippen LogP contribution in [-0.2, 0) is 17.9 Å². The Bertz CT molecular complexity index is 988. The number of anilines is 1. The molecule has 30 heavy (non-hydrogen) atoms. The highest BCUT2D eigenvalue weighted by Gasteiger charge is 2.25. The van der Waals surface area contributed by atoms with Gasteiger partial charge >= 0.3 is 0 Å². The lowest BCUT2D eigenvalue weighted by Crippen LogP contribution is -2.50. The molecular weight excluding hydrogens is 374 g/mol. The van der Waals surface area contributed by atoms with Gasteiger partial charge in [0.15, 0.2) is 0 Å². The van der Waals surface area contributed by atoms with Crippen molar-refractivity contribution in [2.24, 2.45) is 0 Å². The number of amides is 1. The number of piperazine rings is 1. The maximum absolute atomic E-state index is 12.6. The maximum atomic E-state index is 12.6. The normalized spacial score (nSPS) is 14.0. The molecule has 1 aliphatic rings. The Balaban J connectivity index is 0.00000124. The molecular formula is C24H27N5O. The molecule has 154 valence electrons. The maximum Gasteiger partial charge on any atom is 0.241 e. The molecule has 1 amide bonds. The second-order valence-corrected chi connectivity index (χ2v) is 6.91. The van der Waals surface area contributed by atoms with Gasteiger partial charge in [-0.15, -0.1) is 0 Å². The second-order valence-electron chi connectivity index (χ2n) is 6.91. The SMILES string of the molecule is CC.N#Cc1ccc(Cn2cncc2CN2CCN(c3ccccc3)C(=O)C2)cc1. The predicted molar refractivity (Wildman–Crippen MR) is 118 cm³/mol. The first-order chi connectivity index (χ1) is 14.7. The van der Waals surface area contributed by atoms with Gasteiger partial charge < -0.3 is 9.47 Å². The number of hydrogen-bond acceptors (Lipinski definition) is 4. The van der Waals surface area contributed by atoms with Crippen LogP contribution < -0.4 is 4.90 Å². The van der Waals surface area contributed by atoms with Gasteiger partial charge in [0.1, 0.15) is 0 Å². The van der Waals surface area contributed by atoms with E-state index in [0.717, 1.165) is 23.5 Å². The molecule has 0 bridgehead atoms. The fourth-order valence-corrected chi connectivity index (χ4v) is 3.47. The largest absolute Gasteiger partial charge is 0.329 e. The summed E-state index contributed by atoms with van der Waals surface area (Å²) in [7, 11) is 0. The van der Waals surface area contributed by atoms with Crippen LogP contribution in [0.25, 0.3) is 0 Å². The third kappa shape index (κ3) is 5.13. The molecule has 0 spiro atoms. The standard InChI is InChI=1S/C22H21N5O.C2H6/c23-12-18-6-8-19(9-7-18)14-26-17-24-13-21(26)15-25-10-11-27(22(28)16-25)20-4-2-1-3-5-20;1-2/h1-9,13,17H,10-11,14-16H2;1-2H3. The number of rotatable bonds is 5. The van der Waals surface area contributed by atoms with E-state index in [1.807, 2.05) is 85.9 Å². The van der Waals surface area contributed by atoms with Crippen LogP contribution in [0.15, 0.2) is 67.1 Å². The van der Waals surface area contributed by atoms with Crippen molar-refractivity contribution in [1.82, 2.24) is 14.5 Å². The summed E-state index contributed by atoms with van der Waals surface area (Å²) in [6.07, 6.45) is 3.67. The van der Waals surface area contributed by atoms with Gasteiger partial charge in [0.25, 0.3) is 0 Å². The number of nitrogens with zero attached hydrogens (tertiary/aromatic N) is 5. The molecule has 0 N–H and O–H groups in total. The van der Waals surface area contributed by atoms with Gasteiger partial charge in [-0.2, -0.15) is 5.26 Å². The summed E-state index contributed by atoms with van der Waals surface area (Å²) in [5, 5.41) is 8.92. The van der Waals surface area contributed by atoms with Crippen molar-refractivity contribution >= 4 is 11.6 Å². The van der Waals surface area contributed by atoms with Gasteiger partial charge in [-0.1, -0.05) is 44.2 Å². The Morgan fingerprint density at radius 1 is 1.00 bits per heavy atom. The van der Waals surface area contributed by atoms with E-state index in [2.05, 4.69) is 20.5 Å². The fourth-order valence-electron chi connectivity index (χ4n) is 3.47. The quantitative estimate of drug-likeness (QED) is 0.654. The van der Waals surface area contributed by atoms with Crippen LogP contribution in [0.3, 0.4) is 0 Å². The zero-order chi connectivity index (χ0) is 21.3. The average Bonchev–Trinajstić information content (AvgIpc) is 3.23. The molecule has 2 heterocycles. The number of imidazole rings is 1. The van der Waals surface area contributed by atoms with E-state index in [4.69, 9.17) is 5.26 Å². The van der Waals surface area contributed by atoms with Gasteiger partial charge in [-0.3, -0.25) is 9.69 Å². The van der Waals surface area contributed by atoms with Crippen molar-refractivity contribution in [2.45, 2.75) is 26.9 Å². The number of nitriles is 1. The minimum Gasteiger partial charge on any atom is -0.329 e. The Hall–Kier alpha value is -3.43. The van der Waals surface area contributed by atoms with Crippen LogP contribution in [0.5, 0.6) is 0 Å². The Labute approximate surface area is 178 Å². The molecule has 1 saturated heterocycles. The van der Waals surface area contributed by atoms with Crippen LogP contribution in [0.1, 0.15) is 30.7 Å². The third-order valence-electron chi connectivity index (χ3n) is 4.99. The van der Waals surface area contributed by atoms with Crippen LogP contribution in [0, 0.1) is 11.3 Å². The van der Waals surface area contributed by atoms with Crippen LogP contribution in [0.2, 0.25) is 0 Å². The van der Waals surface area contributed by atoms with Crippen molar-refractivity contribution in [1.29, 1.82) is 5.26 Å². The number of benzene rings is 2. The number of para-hydroxylation sites is 1. The minimum atomic E-state index is 0.121. The number of aromatic nitrogens is 2. The molecule has 0 saturated carbocycles. The lowest BCUT2D eigenvalue weighted by Gasteiger charge is -2.34. The average molecular weight is 402 g/mol. The summed E-state index contributed by atoms with van der Waals surface area (Å²) in [4.78, 5) is 20.9. The van der Waals surface area contributed by atoms with Crippen molar-refractivity contribution in [3.63, 3.8) is 0 Å². The molecule has 1 fully saturated rings. The second kappa shape index (κ2) is 10.4. The van der Waals surface area contributed by atoms with Gasteiger partial charge in [-0.05, 0) is 29.8 Å². The molecule has 0 aliphatic carbocycles. The molecule has 3 aromatic rings. The van der Waals surface area contributed by atoms with Gasteiger partial charge in [-0.25, -0.2) is 4.98 Å².